The Labute approximate surface area is 108 Å². The summed E-state index contributed by atoms with van der Waals surface area (Å²) in [5, 5.41) is 20.8. The smallest absolute Gasteiger partial charge is 0.339 e. The van der Waals surface area contributed by atoms with Gasteiger partial charge < -0.3 is 20.5 Å². The van der Waals surface area contributed by atoms with Gasteiger partial charge in [0.1, 0.15) is 11.3 Å². The summed E-state index contributed by atoms with van der Waals surface area (Å²) in [5.74, 6) is -1.64. The van der Waals surface area contributed by atoms with Crippen molar-refractivity contribution in [2.24, 2.45) is 0 Å². The summed E-state index contributed by atoms with van der Waals surface area (Å²) in [5.41, 5.74) is 0.917. The second-order valence-electron chi connectivity index (χ2n) is 4.01. The van der Waals surface area contributed by atoms with Crippen LogP contribution in [0.25, 0.3) is 0 Å². The molecule has 0 saturated heterocycles. The van der Waals surface area contributed by atoms with Gasteiger partial charge in [-0.1, -0.05) is 6.07 Å². The number of hydrogen-bond acceptors (Lipinski definition) is 3. The van der Waals surface area contributed by atoms with Gasteiger partial charge in [-0.05, 0) is 25.1 Å². The normalized spacial score (nSPS) is 10.2. The Morgan fingerprint density at radius 3 is 2.68 bits per heavy atom. The Hall–Kier alpha value is -2.76. The maximum atomic E-state index is 11.9. The molecule has 0 unspecified atom stereocenters. The van der Waals surface area contributed by atoms with E-state index < -0.39 is 11.9 Å². The molecule has 2 rings (SSSR count). The molecule has 0 aliphatic rings. The summed E-state index contributed by atoms with van der Waals surface area (Å²) in [4.78, 5) is 25.7. The zero-order valence-corrected chi connectivity index (χ0v) is 10.1. The van der Waals surface area contributed by atoms with Crippen molar-refractivity contribution < 1.29 is 19.8 Å². The topological polar surface area (TPSA) is 102 Å². The number of aryl methyl sites for hydroxylation is 1. The molecule has 6 heteroatoms. The van der Waals surface area contributed by atoms with Crippen LogP contribution in [0.5, 0.6) is 5.75 Å². The molecule has 0 aliphatic heterocycles. The number of phenolic OH excluding ortho intramolecular Hbond substituents is 1. The lowest BCUT2D eigenvalue weighted by molar-refractivity contribution is 0.0697. The van der Waals surface area contributed by atoms with Gasteiger partial charge in [0, 0.05) is 17.5 Å². The Balaban J connectivity index is 2.27. The van der Waals surface area contributed by atoms with Crippen molar-refractivity contribution >= 4 is 17.6 Å². The van der Waals surface area contributed by atoms with E-state index in [0.717, 1.165) is 0 Å². The molecule has 0 spiro atoms. The minimum atomic E-state index is -1.12. The largest absolute Gasteiger partial charge is 0.508 e. The third kappa shape index (κ3) is 2.57. The molecule has 0 saturated carbocycles. The molecule has 0 bridgehead atoms. The number of aromatic amines is 1. The van der Waals surface area contributed by atoms with Crippen LogP contribution >= 0.6 is 0 Å². The first-order chi connectivity index (χ1) is 8.99. The van der Waals surface area contributed by atoms with E-state index in [-0.39, 0.29) is 22.6 Å². The van der Waals surface area contributed by atoms with E-state index in [1.165, 1.54) is 30.5 Å². The Morgan fingerprint density at radius 2 is 2.05 bits per heavy atom. The Morgan fingerprint density at radius 1 is 1.32 bits per heavy atom. The molecule has 0 radical (unpaired) electrons. The van der Waals surface area contributed by atoms with E-state index in [1.54, 1.807) is 6.92 Å². The number of amides is 1. The number of aromatic hydroxyl groups is 1. The monoisotopic (exact) mass is 260 g/mol. The van der Waals surface area contributed by atoms with Gasteiger partial charge in [0.05, 0.1) is 5.69 Å². The van der Waals surface area contributed by atoms with Crippen LogP contribution < -0.4 is 5.32 Å². The van der Waals surface area contributed by atoms with Crippen LogP contribution in [0.4, 0.5) is 5.69 Å². The lowest BCUT2D eigenvalue weighted by Gasteiger charge is -2.05. The molecule has 0 atom stereocenters. The predicted molar refractivity (Wildman–Crippen MR) is 68.5 cm³/mol. The van der Waals surface area contributed by atoms with Crippen LogP contribution in [-0.2, 0) is 0 Å². The van der Waals surface area contributed by atoms with E-state index in [9.17, 15) is 14.7 Å². The van der Waals surface area contributed by atoms with Crippen molar-refractivity contribution in [2.45, 2.75) is 6.92 Å². The van der Waals surface area contributed by atoms with Gasteiger partial charge in [-0.3, -0.25) is 4.79 Å². The molecule has 98 valence electrons. The highest BCUT2D eigenvalue weighted by molar-refractivity contribution is 6.08. The maximum Gasteiger partial charge on any atom is 0.339 e. The van der Waals surface area contributed by atoms with Crippen LogP contribution in [0, 0.1) is 6.92 Å². The number of aromatic nitrogens is 1. The first kappa shape index (κ1) is 12.7. The molecule has 0 fully saturated rings. The van der Waals surface area contributed by atoms with Gasteiger partial charge in [0.15, 0.2) is 0 Å². The first-order valence-corrected chi connectivity index (χ1v) is 5.50. The molecule has 1 amide bonds. The molecule has 4 N–H and O–H groups in total. The number of nitrogens with one attached hydrogen (secondary N) is 2. The van der Waals surface area contributed by atoms with Gasteiger partial charge in [-0.15, -0.1) is 0 Å². The number of H-pyrrole nitrogens is 1. The fraction of sp³-hybridized carbons (Fsp3) is 0.0769. The lowest BCUT2D eigenvalue weighted by atomic mass is 10.2. The summed E-state index contributed by atoms with van der Waals surface area (Å²) < 4.78 is 0. The van der Waals surface area contributed by atoms with Crippen molar-refractivity contribution in [1.29, 1.82) is 0 Å². The highest BCUT2D eigenvalue weighted by Crippen LogP contribution is 2.20. The zero-order valence-electron chi connectivity index (χ0n) is 10.1. The Bertz CT molecular complexity index is 646. The number of phenols is 1. The molecular weight excluding hydrogens is 248 g/mol. The second-order valence-corrected chi connectivity index (χ2v) is 4.01. The molecule has 1 aromatic heterocycles. The molecule has 19 heavy (non-hydrogen) atoms. The summed E-state index contributed by atoms with van der Waals surface area (Å²) in [6, 6.07) is 5.80. The molecule has 2 aromatic rings. The predicted octanol–water partition coefficient (Wildman–Crippen LogP) is 1.98. The zero-order chi connectivity index (χ0) is 14.0. The molecule has 0 aliphatic carbocycles. The van der Waals surface area contributed by atoms with E-state index in [4.69, 9.17) is 5.11 Å². The van der Waals surface area contributed by atoms with Crippen LogP contribution in [0.2, 0.25) is 0 Å². The third-order valence-corrected chi connectivity index (χ3v) is 2.65. The van der Waals surface area contributed by atoms with Crippen LogP contribution in [0.15, 0.2) is 30.5 Å². The number of carbonyl (C=O) groups excluding carboxylic acids is 1. The van der Waals surface area contributed by atoms with Crippen molar-refractivity contribution in [1.82, 2.24) is 4.98 Å². The highest BCUT2D eigenvalue weighted by atomic mass is 16.4. The summed E-state index contributed by atoms with van der Waals surface area (Å²) in [6.45, 7) is 1.60. The highest BCUT2D eigenvalue weighted by Gasteiger charge is 2.17. The van der Waals surface area contributed by atoms with E-state index >= 15 is 0 Å². The maximum absolute atomic E-state index is 11.9. The summed E-state index contributed by atoms with van der Waals surface area (Å²) >= 11 is 0. The van der Waals surface area contributed by atoms with Crippen molar-refractivity contribution in [3.8, 4) is 5.75 Å². The number of aromatic carboxylic acids is 1. The number of carbonyl (C=O) groups is 2. The fourth-order valence-electron chi connectivity index (χ4n) is 1.74. The fourth-order valence-corrected chi connectivity index (χ4v) is 1.74. The van der Waals surface area contributed by atoms with Crippen LogP contribution in [0.1, 0.15) is 26.4 Å². The van der Waals surface area contributed by atoms with Crippen molar-refractivity contribution in [2.75, 3.05) is 5.32 Å². The molecule has 6 nitrogen and oxygen atoms in total. The SMILES string of the molecule is Cc1[nH]cc(NC(=O)c2cccc(O)c2)c1C(=O)O. The average molecular weight is 260 g/mol. The second kappa shape index (κ2) is 4.85. The minimum absolute atomic E-state index is 0.0218. The van der Waals surface area contributed by atoms with E-state index in [0.29, 0.717) is 5.69 Å². The minimum Gasteiger partial charge on any atom is -0.508 e. The summed E-state index contributed by atoms with van der Waals surface area (Å²) in [6.07, 6.45) is 1.42. The third-order valence-electron chi connectivity index (χ3n) is 2.65. The number of carboxylic acid groups (broad SMARTS) is 1. The molecule has 1 heterocycles. The van der Waals surface area contributed by atoms with Gasteiger partial charge in [-0.25, -0.2) is 4.79 Å². The number of carboxylic acids is 1. The standard InChI is InChI=1S/C13H12N2O4/c1-7-11(13(18)19)10(6-14-7)15-12(17)8-3-2-4-9(16)5-8/h2-6,14,16H,1H3,(H,15,17)(H,18,19). The van der Waals surface area contributed by atoms with Crippen molar-refractivity contribution in [3.63, 3.8) is 0 Å². The molecular formula is C13H12N2O4. The van der Waals surface area contributed by atoms with Gasteiger partial charge in [-0.2, -0.15) is 0 Å². The number of benzene rings is 1. The van der Waals surface area contributed by atoms with Gasteiger partial charge >= 0.3 is 5.97 Å². The Kier molecular flexibility index (Phi) is 3.24. The van der Waals surface area contributed by atoms with Gasteiger partial charge in [0.25, 0.3) is 5.91 Å². The number of rotatable bonds is 3. The number of anilines is 1. The van der Waals surface area contributed by atoms with Crippen LogP contribution in [-0.4, -0.2) is 27.1 Å². The quantitative estimate of drug-likeness (QED) is 0.677. The number of hydrogen-bond donors (Lipinski definition) is 4. The van der Waals surface area contributed by atoms with Crippen molar-refractivity contribution in [3.05, 3.63) is 47.3 Å². The van der Waals surface area contributed by atoms with E-state index in [2.05, 4.69) is 10.3 Å². The van der Waals surface area contributed by atoms with E-state index in [1.807, 2.05) is 0 Å². The summed E-state index contributed by atoms with van der Waals surface area (Å²) in [7, 11) is 0. The first-order valence-electron chi connectivity index (χ1n) is 5.50. The average Bonchev–Trinajstić information content (AvgIpc) is 2.70. The molecule has 1 aromatic carbocycles. The lowest BCUT2D eigenvalue weighted by Crippen LogP contribution is -2.13. The van der Waals surface area contributed by atoms with Crippen LogP contribution in [0.3, 0.4) is 0 Å². The van der Waals surface area contributed by atoms with Gasteiger partial charge in [0.2, 0.25) is 0 Å².